The fourth-order valence-corrected chi connectivity index (χ4v) is 2.11. The molecule has 1 unspecified atom stereocenters. The minimum absolute atomic E-state index is 0.0259. The smallest absolute Gasteiger partial charge is 0.237 e. The van der Waals surface area contributed by atoms with E-state index >= 15 is 0 Å². The average molecular weight is 288 g/mol. The van der Waals surface area contributed by atoms with Crippen LogP contribution in [-0.4, -0.2) is 32.4 Å². The van der Waals surface area contributed by atoms with E-state index < -0.39 is 27.6 Å². The first-order chi connectivity index (χ1) is 8.79. The molecule has 1 atom stereocenters. The summed E-state index contributed by atoms with van der Waals surface area (Å²) in [6, 6.07) is 5.15. The van der Waals surface area contributed by atoms with Crippen molar-refractivity contribution in [2.75, 3.05) is 12.0 Å². The first kappa shape index (κ1) is 15.6. The summed E-state index contributed by atoms with van der Waals surface area (Å²) in [5.41, 5.74) is 5.91. The molecule has 0 saturated carbocycles. The van der Waals surface area contributed by atoms with Crippen molar-refractivity contribution in [2.24, 2.45) is 5.73 Å². The van der Waals surface area contributed by atoms with E-state index in [4.69, 9.17) is 5.73 Å². The molecule has 5 nitrogen and oxygen atoms in total. The van der Waals surface area contributed by atoms with Crippen LogP contribution in [0.25, 0.3) is 0 Å². The Balaban J connectivity index is 2.45. The van der Waals surface area contributed by atoms with Crippen LogP contribution < -0.4 is 11.1 Å². The molecule has 0 heterocycles. The topological polar surface area (TPSA) is 89.3 Å². The number of rotatable bonds is 6. The van der Waals surface area contributed by atoms with E-state index in [0.717, 1.165) is 6.26 Å². The molecule has 0 aromatic heterocycles. The van der Waals surface area contributed by atoms with Gasteiger partial charge in [0.05, 0.1) is 11.8 Å². The summed E-state index contributed by atoms with van der Waals surface area (Å²) in [4.78, 5) is 11.6. The fraction of sp³-hybridized carbons (Fsp3) is 0.417. The van der Waals surface area contributed by atoms with Gasteiger partial charge in [-0.2, -0.15) is 0 Å². The number of hydrogen-bond acceptors (Lipinski definition) is 4. The molecule has 7 heteroatoms. The molecule has 1 aromatic rings. The maximum absolute atomic E-state index is 13.3. The highest BCUT2D eigenvalue weighted by molar-refractivity contribution is 7.90. The van der Waals surface area contributed by atoms with Crippen molar-refractivity contribution in [3.05, 3.63) is 35.6 Å². The third-order valence-electron chi connectivity index (χ3n) is 2.55. The first-order valence-corrected chi connectivity index (χ1v) is 7.80. The lowest BCUT2D eigenvalue weighted by atomic mass is 10.2. The Labute approximate surface area is 111 Å². The van der Waals surface area contributed by atoms with Crippen LogP contribution in [0.5, 0.6) is 0 Å². The minimum Gasteiger partial charge on any atom is -0.351 e. The number of nitrogens with two attached hydrogens (primary N) is 1. The van der Waals surface area contributed by atoms with Crippen molar-refractivity contribution in [1.29, 1.82) is 0 Å². The number of carbonyl (C=O) groups excluding carboxylic acids is 1. The van der Waals surface area contributed by atoms with Crippen LogP contribution in [0.3, 0.4) is 0 Å². The molecule has 0 spiro atoms. The van der Waals surface area contributed by atoms with Crippen LogP contribution >= 0.6 is 0 Å². The number of amides is 1. The van der Waals surface area contributed by atoms with Crippen molar-refractivity contribution in [3.63, 3.8) is 0 Å². The molecule has 1 rings (SSSR count). The number of hydrogen-bond donors (Lipinski definition) is 2. The molecular weight excluding hydrogens is 271 g/mol. The number of carbonyl (C=O) groups is 1. The van der Waals surface area contributed by atoms with Crippen molar-refractivity contribution < 1.29 is 17.6 Å². The predicted octanol–water partition coefficient (Wildman–Crippen LogP) is 0.204. The summed E-state index contributed by atoms with van der Waals surface area (Å²) in [6.07, 6.45) is 1.12. The number of nitrogens with one attached hydrogen (secondary N) is 1. The van der Waals surface area contributed by atoms with Crippen LogP contribution in [0.4, 0.5) is 4.39 Å². The van der Waals surface area contributed by atoms with E-state index in [1.807, 2.05) is 0 Å². The lowest BCUT2D eigenvalue weighted by Crippen LogP contribution is -2.41. The summed E-state index contributed by atoms with van der Waals surface area (Å²) in [5.74, 6) is -1.05. The SMILES string of the molecule is CS(=O)(=O)CCC(N)C(=O)NCc1ccccc1F. The lowest BCUT2D eigenvalue weighted by molar-refractivity contribution is -0.122. The van der Waals surface area contributed by atoms with Gasteiger partial charge in [-0.3, -0.25) is 4.79 Å². The Morgan fingerprint density at radius 1 is 1.42 bits per heavy atom. The van der Waals surface area contributed by atoms with Crippen molar-refractivity contribution in [1.82, 2.24) is 5.32 Å². The summed E-state index contributed by atoms with van der Waals surface area (Å²) >= 11 is 0. The fourth-order valence-electron chi connectivity index (χ4n) is 1.43. The molecule has 1 amide bonds. The molecule has 3 N–H and O–H groups in total. The quantitative estimate of drug-likeness (QED) is 0.783. The molecule has 1 aromatic carbocycles. The zero-order chi connectivity index (χ0) is 14.5. The van der Waals surface area contributed by atoms with E-state index in [-0.39, 0.29) is 18.7 Å². The van der Waals surface area contributed by atoms with Crippen LogP contribution in [0, 0.1) is 5.82 Å². The van der Waals surface area contributed by atoms with Gasteiger partial charge in [-0.1, -0.05) is 18.2 Å². The second kappa shape index (κ2) is 6.63. The lowest BCUT2D eigenvalue weighted by Gasteiger charge is -2.12. The van der Waals surface area contributed by atoms with Gasteiger partial charge in [0.15, 0.2) is 0 Å². The number of benzene rings is 1. The Morgan fingerprint density at radius 2 is 2.05 bits per heavy atom. The van der Waals surface area contributed by atoms with Crippen LogP contribution in [-0.2, 0) is 21.2 Å². The van der Waals surface area contributed by atoms with Gasteiger partial charge in [-0.05, 0) is 12.5 Å². The summed E-state index contributed by atoms with van der Waals surface area (Å²) in [5, 5.41) is 2.48. The van der Waals surface area contributed by atoms with E-state index in [1.165, 1.54) is 6.07 Å². The maximum Gasteiger partial charge on any atom is 0.237 e. The van der Waals surface area contributed by atoms with Crippen molar-refractivity contribution in [2.45, 2.75) is 19.0 Å². The van der Waals surface area contributed by atoms with Gasteiger partial charge in [0.1, 0.15) is 15.7 Å². The second-order valence-corrected chi connectivity index (χ2v) is 6.59. The molecule has 0 aliphatic heterocycles. The van der Waals surface area contributed by atoms with Gasteiger partial charge >= 0.3 is 0 Å². The second-order valence-electron chi connectivity index (χ2n) is 4.33. The molecular formula is C12H17FN2O3S. The largest absolute Gasteiger partial charge is 0.351 e. The van der Waals surface area contributed by atoms with E-state index in [0.29, 0.717) is 5.56 Å². The zero-order valence-corrected chi connectivity index (χ0v) is 11.4. The highest BCUT2D eigenvalue weighted by Crippen LogP contribution is 2.05. The summed E-state index contributed by atoms with van der Waals surface area (Å²) < 4.78 is 35.2. The normalized spacial score (nSPS) is 13.0. The monoisotopic (exact) mass is 288 g/mol. The minimum atomic E-state index is -3.15. The highest BCUT2D eigenvalue weighted by Gasteiger charge is 2.16. The molecule has 0 aliphatic carbocycles. The first-order valence-electron chi connectivity index (χ1n) is 5.74. The van der Waals surface area contributed by atoms with Crippen molar-refractivity contribution >= 4 is 15.7 Å². The molecule has 19 heavy (non-hydrogen) atoms. The summed E-state index contributed by atoms with van der Waals surface area (Å²) in [7, 11) is -3.15. The van der Waals surface area contributed by atoms with E-state index in [2.05, 4.69) is 5.32 Å². The third kappa shape index (κ3) is 5.80. The summed E-state index contributed by atoms with van der Waals surface area (Å²) in [6.45, 7) is 0.0259. The standard InChI is InChI=1S/C12H17FN2O3S/c1-19(17,18)7-6-11(14)12(16)15-8-9-4-2-3-5-10(9)13/h2-5,11H,6-8,14H2,1H3,(H,15,16). The number of halogens is 1. The Hall–Kier alpha value is -1.47. The molecule has 0 bridgehead atoms. The third-order valence-corrected chi connectivity index (χ3v) is 3.52. The highest BCUT2D eigenvalue weighted by atomic mass is 32.2. The van der Waals surface area contributed by atoms with Gasteiger partial charge in [0, 0.05) is 18.4 Å². The van der Waals surface area contributed by atoms with Gasteiger partial charge in [-0.25, -0.2) is 12.8 Å². The number of sulfone groups is 1. The van der Waals surface area contributed by atoms with Gasteiger partial charge < -0.3 is 11.1 Å². The molecule has 0 radical (unpaired) electrons. The molecule has 0 saturated heterocycles. The van der Waals surface area contributed by atoms with Crippen LogP contribution in [0.2, 0.25) is 0 Å². The Bertz CT molecular complexity index is 546. The van der Waals surface area contributed by atoms with E-state index in [1.54, 1.807) is 18.2 Å². The predicted molar refractivity (Wildman–Crippen MR) is 70.5 cm³/mol. The van der Waals surface area contributed by atoms with Crippen molar-refractivity contribution in [3.8, 4) is 0 Å². The Kier molecular flexibility index (Phi) is 5.44. The zero-order valence-electron chi connectivity index (χ0n) is 10.6. The van der Waals surface area contributed by atoms with Gasteiger partial charge in [-0.15, -0.1) is 0 Å². The molecule has 0 aliphatic rings. The van der Waals surface area contributed by atoms with Gasteiger partial charge in [0.2, 0.25) is 5.91 Å². The van der Waals surface area contributed by atoms with Gasteiger partial charge in [0.25, 0.3) is 0 Å². The molecule has 0 fully saturated rings. The molecule has 106 valence electrons. The van der Waals surface area contributed by atoms with E-state index in [9.17, 15) is 17.6 Å². The van der Waals surface area contributed by atoms with Crippen LogP contribution in [0.1, 0.15) is 12.0 Å². The maximum atomic E-state index is 13.3. The Morgan fingerprint density at radius 3 is 2.63 bits per heavy atom. The van der Waals surface area contributed by atoms with Crippen LogP contribution in [0.15, 0.2) is 24.3 Å². The average Bonchev–Trinajstić information content (AvgIpc) is 2.33.